The zero-order valence-corrected chi connectivity index (χ0v) is 28.3. The first-order chi connectivity index (χ1) is 20.6. The molecule has 0 amide bonds. The summed E-state index contributed by atoms with van der Waals surface area (Å²) >= 11 is -2.72. The van der Waals surface area contributed by atoms with Gasteiger partial charge in [-0.3, -0.25) is 0 Å². The Labute approximate surface area is 262 Å². The van der Waals surface area contributed by atoms with Crippen LogP contribution in [-0.2, 0) is 20.3 Å². The second-order valence-corrected chi connectivity index (χ2v) is 13.2. The van der Waals surface area contributed by atoms with Crippen molar-refractivity contribution in [2.24, 2.45) is 0 Å². The molecule has 0 aliphatic heterocycles. The van der Waals surface area contributed by atoms with E-state index in [0.717, 1.165) is 66.9 Å². The Morgan fingerprint density at radius 3 is 1.36 bits per heavy atom. The van der Waals surface area contributed by atoms with Gasteiger partial charge in [0.05, 0.1) is 0 Å². The molecule has 6 aromatic rings. The van der Waals surface area contributed by atoms with Crippen molar-refractivity contribution in [3.63, 3.8) is 0 Å². The molecule has 8 heteroatoms. The first-order valence-corrected chi connectivity index (χ1v) is 17.7. The van der Waals surface area contributed by atoms with Crippen molar-refractivity contribution < 1.29 is 14.1 Å². The molecular weight excluding hydrogens is 640 g/mol. The summed E-state index contributed by atoms with van der Waals surface area (Å²) in [5.41, 5.74) is 8.31. The van der Waals surface area contributed by atoms with Crippen LogP contribution in [0.15, 0.2) is 109 Å². The second-order valence-electron chi connectivity index (χ2n) is 10.0. The van der Waals surface area contributed by atoms with Crippen molar-refractivity contribution in [1.29, 1.82) is 0 Å². The third-order valence-electron chi connectivity index (χ3n) is 6.87. The van der Waals surface area contributed by atoms with Crippen LogP contribution in [-0.4, -0.2) is 46.2 Å². The van der Waals surface area contributed by atoms with Gasteiger partial charge in [-0.15, -0.1) is 0 Å². The fourth-order valence-electron chi connectivity index (χ4n) is 4.64. The number of benzene rings is 4. The average molecular weight is 668 g/mol. The van der Waals surface area contributed by atoms with Crippen molar-refractivity contribution >= 4 is 58.1 Å². The number of hydrogen-bond acceptors (Lipinski definition) is 6. The molecule has 0 aliphatic carbocycles. The molecule has 6 rings (SSSR count). The predicted molar refractivity (Wildman–Crippen MR) is 167 cm³/mol. The van der Waals surface area contributed by atoms with E-state index < -0.39 is 36.3 Å². The number of pyridine rings is 2. The van der Waals surface area contributed by atoms with Gasteiger partial charge >= 0.3 is 264 Å². The van der Waals surface area contributed by atoms with Gasteiger partial charge < -0.3 is 0 Å². The number of para-hydroxylation sites is 2. The summed E-state index contributed by atoms with van der Waals surface area (Å²) in [6, 6.07) is 37.1. The zero-order valence-electron chi connectivity index (χ0n) is 23.5. The maximum atomic E-state index is 6.03. The molecule has 0 atom stereocenters. The molecule has 6 nitrogen and oxygen atoms in total. The second kappa shape index (κ2) is 13.6. The van der Waals surface area contributed by atoms with Crippen molar-refractivity contribution in [1.82, 2.24) is 9.97 Å². The minimum absolute atomic E-state index is 0.536. The molecule has 0 bridgehead atoms. The molecule has 0 N–H and O–H groups in total. The molecule has 204 valence electrons. The first kappa shape index (κ1) is 28.6. The Morgan fingerprint density at radius 2 is 0.929 bits per heavy atom. The predicted octanol–water partition coefficient (Wildman–Crippen LogP) is 7.33. The summed E-state index contributed by atoms with van der Waals surface area (Å²) in [6.07, 6.45) is 0. The van der Waals surface area contributed by atoms with E-state index in [0.29, 0.717) is 13.2 Å². The molecule has 0 fully saturated rings. The Balaban J connectivity index is 0.964. The number of rotatable bonds is 11. The standard InChI is InChI=1S/C14H12O2.2C10H9NO.2Ga/c15-9-11-1-5-13(6-2-11)14-7-3-12(10-16)4-8-14;2*1-7-5-6-8-3-2-4-9(12)10(8)11-7;;/h1-8H,9-10H2;2*2-6,12H,1H3;;/q-2;;;2*+2/p-2. The third-order valence-corrected chi connectivity index (χ3v) is 9.61. The Bertz CT molecular complexity index is 1680. The van der Waals surface area contributed by atoms with E-state index >= 15 is 0 Å². The van der Waals surface area contributed by atoms with Crippen LogP contribution in [0.5, 0.6) is 11.5 Å². The normalized spacial score (nSPS) is 11.0. The van der Waals surface area contributed by atoms with E-state index in [2.05, 4.69) is 70.6 Å². The molecule has 4 aromatic carbocycles. The number of aromatic nitrogens is 2. The number of aryl methyl sites for hydroxylation is 2. The van der Waals surface area contributed by atoms with Crippen LogP contribution in [0.3, 0.4) is 0 Å². The van der Waals surface area contributed by atoms with Crippen LogP contribution in [0.2, 0.25) is 0 Å². The van der Waals surface area contributed by atoms with E-state index in [4.69, 9.17) is 14.1 Å². The van der Waals surface area contributed by atoms with Crippen LogP contribution < -0.4 is 7.06 Å². The molecular formula is C34H28Ga2N2O4. The molecule has 42 heavy (non-hydrogen) atoms. The molecule has 2 radical (unpaired) electrons. The average Bonchev–Trinajstić information content (AvgIpc) is 3.02. The van der Waals surface area contributed by atoms with Gasteiger partial charge in [-0.05, 0) is 0 Å². The van der Waals surface area contributed by atoms with Gasteiger partial charge in [0.1, 0.15) is 0 Å². The quantitative estimate of drug-likeness (QED) is 0.107. The van der Waals surface area contributed by atoms with Gasteiger partial charge in [-0.25, -0.2) is 0 Å². The third kappa shape index (κ3) is 7.10. The van der Waals surface area contributed by atoms with Gasteiger partial charge in [-0.2, -0.15) is 0 Å². The van der Waals surface area contributed by atoms with Crippen LogP contribution in [0.4, 0.5) is 0 Å². The molecule has 0 spiro atoms. The Morgan fingerprint density at radius 1 is 0.500 bits per heavy atom. The monoisotopic (exact) mass is 666 g/mol. The van der Waals surface area contributed by atoms with E-state index in [1.54, 1.807) is 0 Å². The van der Waals surface area contributed by atoms with Gasteiger partial charge in [-0.1, -0.05) is 0 Å². The first-order valence-electron chi connectivity index (χ1n) is 13.7. The van der Waals surface area contributed by atoms with Crippen LogP contribution in [0.25, 0.3) is 32.9 Å². The van der Waals surface area contributed by atoms with Crippen LogP contribution >= 0.6 is 0 Å². The fraction of sp³-hybridized carbons (Fsp3) is 0.118. The Hall–Kier alpha value is -3.51. The van der Waals surface area contributed by atoms with Crippen LogP contribution in [0.1, 0.15) is 22.5 Å². The number of nitrogens with zero attached hydrogens (tertiary/aromatic N) is 2. The van der Waals surface area contributed by atoms with Gasteiger partial charge in [0, 0.05) is 0 Å². The maximum absolute atomic E-state index is 6.03. The summed E-state index contributed by atoms with van der Waals surface area (Å²) in [5, 5.41) is 2.15. The summed E-state index contributed by atoms with van der Waals surface area (Å²) in [4.78, 5) is 9.26. The molecule has 2 aromatic heterocycles. The zero-order chi connectivity index (χ0) is 28.7. The summed E-state index contributed by atoms with van der Waals surface area (Å²) < 4.78 is 24.0. The van der Waals surface area contributed by atoms with E-state index in [-0.39, 0.29) is 0 Å². The fourth-order valence-corrected chi connectivity index (χ4v) is 7.26. The summed E-state index contributed by atoms with van der Waals surface area (Å²) in [7, 11) is 0. The topological polar surface area (TPSA) is 62.7 Å². The number of hydrogen-bond donors (Lipinski definition) is 0. The number of fused-ring (bicyclic) bond motifs is 2. The van der Waals surface area contributed by atoms with Crippen molar-refractivity contribution in [2.45, 2.75) is 27.1 Å². The summed E-state index contributed by atoms with van der Waals surface area (Å²) in [6.45, 7) is 5.05. The molecule has 0 saturated heterocycles. The van der Waals surface area contributed by atoms with Gasteiger partial charge in [0.2, 0.25) is 0 Å². The van der Waals surface area contributed by atoms with Crippen LogP contribution in [0, 0.1) is 13.8 Å². The Kier molecular flexibility index (Phi) is 9.29. The van der Waals surface area contributed by atoms with Gasteiger partial charge in [0.15, 0.2) is 0 Å². The molecule has 0 unspecified atom stereocenters. The van der Waals surface area contributed by atoms with E-state index in [9.17, 15) is 0 Å². The minimum atomic E-state index is -1.36. The van der Waals surface area contributed by atoms with Gasteiger partial charge in [0.25, 0.3) is 0 Å². The SMILES string of the molecule is Cc1ccc2cccc([O][Ga][O]Cc3ccc(-c4ccc(C[O][Ga][O]c5cccc6ccc(C)nc56)cc4)cc3)c2n1. The van der Waals surface area contributed by atoms with E-state index in [1.165, 1.54) is 0 Å². The van der Waals surface area contributed by atoms with Crippen molar-refractivity contribution in [3.8, 4) is 22.6 Å². The van der Waals surface area contributed by atoms with E-state index in [1.807, 2.05) is 62.4 Å². The van der Waals surface area contributed by atoms with Crippen molar-refractivity contribution in [2.75, 3.05) is 0 Å². The summed E-state index contributed by atoms with van der Waals surface area (Å²) in [5.74, 6) is 1.60. The molecule has 2 heterocycles. The van der Waals surface area contributed by atoms with Crippen molar-refractivity contribution in [3.05, 3.63) is 132 Å². The molecule has 0 aliphatic rings. The molecule has 0 saturated carbocycles.